The molecule has 162 valence electrons. The molecule has 2 aliphatic rings. The Bertz CT molecular complexity index is 634. The van der Waals surface area contributed by atoms with Gasteiger partial charge in [-0.25, -0.2) is 0 Å². The molecule has 0 radical (unpaired) electrons. The fraction of sp³-hybridized carbons (Fsp3) is 0.727. The summed E-state index contributed by atoms with van der Waals surface area (Å²) in [6.45, 7) is 11.5. The van der Waals surface area contributed by atoms with Crippen molar-refractivity contribution in [2.75, 3.05) is 52.4 Å². The summed E-state index contributed by atoms with van der Waals surface area (Å²) in [7, 11) is 0. The van der Waals surface area contributed by atoms with Crippen LogP contribution >= 0.6 is 11.3 Å². The lowest BCUT2D eigenvalue weighted by Crippen LogP contribution is -2.51. The van der Waals surface area contributed by atoms with E-state index in [1.165, 1.54) is 17.7 Å². The van der Waals surface area contributed by atoms with Gasteiger partial charge in [-0.2, -0.15) is 0 Å². The number of thiophene rings is 1. The SMILES string of the molecule is CCNC(=NCC(C)c1cccs1)NCCN1CCN(C(=O)C2CCCC2)CC1. The smallest absolute Gasteiger partial charge is 0.225 e. The van der Waals surface area contributed by atoms with Crippen molar-refractivity contribution in [3.63, 3.8) is 0 Å². The summed E-state index contributed by atoms with van der Waals surface area (Å²) in [6.07, 6.45) is 4.65. The molecular formula is C22H37N5OS. The number of aliphatic imine (C=N–C) groups is 1. The van der Waals surface area contributed by atoms with Crippen molar-refractivity contribution in [3.05, 3.63) is 22.4 Å². The average Bonchev–Trinajstić information content (AvgIpc) is 3.46. The van der Waals surface area contributed by atoms with Gasteiger partial charge in [0.25, 0.3) is 0 Å². The lowest BCUT2D eigenvalue weighted by atomic mass is 10.1. The summed E-state index contributed by atoms with van der Waals surface area (Å²) in [5.74, 6) is 2.04. The normalized spacial score (nSPS) is 20.1. The Morgan fingerprint density at radius 3 is 2.66 bits per heavy atom. The predicted octanol–water partition coefficient (Wildman–Crippen LogP) is 2.74. The second-order valence-electron chi connectivity index (χ2n) is 8.21. The predicted molar refractivity (Wildman–Crippen MR) is 122 cm³/mol. The third kappa shape index (κ3) is 6.71. The van der Waals surface area contributed by atoms with Crippen LogP contribution in [-0.2, 0) is 4.79 Å². The number of rotatable bonds is 8. The molecule has 6 nitrogen and oxygen atoms in total. The highest BCUT2D eigenvalue weighted by Gasteiger charge is 2.29. The second kappa shape index (κ2) is 11.6. The van der Waals surface area contributed by atoms with Crippen molar-refractivity contribution in [1.82, 2.24) is 20.4 Å². The number of carbonyl (C=O) groups is 1. The fourth-order valence-electron chi connectivity index (χ4n) is 4.19. The van der Waals surface area contributed by atoms with Gasteiger partial charge in [0.2, 0.25) is 5.91 Å². The molecule has 7 heteroatoms. The third-order valence-corrected chi connectivity index (χ3v) is 7.11. The van der Waals surface area contributed by atoms with Gasteiger partial charge in [0.05, 0.1) is 6.54 Å². The molecule has 1 atom stereocenters. The van der Waals surface area contributed by atoms with Crippen LogP contribution in [0.2, 0.25) is 0 Å². The minimum absolute atomic E-state index is 0.304. The molecule has 1 aliphatic heterocycles. The maximum absolute atomic E-state index is 12.6. The Balaban J connectivity index is 1.36. The van der Waals surface area contributed by atoms with Gasteiger partial charge in [0.1, 0.15) is 0 Å². The number of hydrogen-bond donors (Lipinski definition) is 2. The topological polar surface area (TPSA) is 60.0 Å². The highest BCUT2D eigenvalue weighted by atomic mass is 32.1. The molecule has 0 aromatic carbocycles. The van der Waals surface area contributed by atoms with E-state index in [4.69, 9.17) is 4.99 Å². The Morgan fingerprint density at radius 2 is 2.00 bits per heavy atom. The molecule has 1 saturated heterocycles. The van der Waals surface area contributed by atoms with E-state index in [1.54, 1.807) is 11.3 Å². The van der Waals surface area contributed by atoms with E-state index < -0.39 is 0 Å². The highest BCUT2D eigenvalue weighted by Crippen LogP contribution is 2.26. The van der Waals surface area contributed by atoms with Crippen LogP contribution in [0.1, 0.15) is 50.3 Å². The molecule has 2 fully saturated rings. The minimum atomic E-state index is 0.304. The molecule has 0 spiro atoms. The van der Waals surface area contributed by atoms with Crippen LogP contribution in [0.15, 0.2) is 22.5 Å². The monoisotopic (exact) mass is 419 g/mol. The van der Waals surface area contributed by atoms with Crippen molar-refractivity contribution in [1.29, 1.82) is 0 Å². The van der Waals surface area contributed by atoms with E-state index in [0.717, 1.165) is 71.2 Å². The van der Waals surface area contributed by atoms with E-state index >= 15 is 0 Å². The third-order valence-electron chi connectivity index (χ3n) is 6.01. The number of carbonyl (C=O) groups excluding carboxylic acids is 1. The van der Waals surface area contributed by atoms with E-state index in [1.807, 2.05) is 0 Å². The molecule has 1 unspecified atom stereocenters. The quantitative estimate of drug-likeness (QED) is 0.502. The molecule has 1 saturated carbocycles. The number of hydrogen-bond acceptors (Lipinski definition) is 4. The number of nitrogens with zero attached hydrogens (tertiary/aromatic N) is 3. The van der Waals surface area contributed by atoms with Crippen molar-refractivity contribution < 1.29 is 4.79 Å². The number of guanidine groups is 1. The average molecular weight is 420 g/mol. The Hall–Kier alpha value is -1.60. The molecule has 1 amide bonds. The van der Waals surface area contributed by atoms with Gasteiger partial charge >= 0.3 is 0 Å². The molecule has 1 aromatic rings. The van der Waals surface area contributed by atoms with Gasteiger partial charge in [-0.15, -0.1) is 11.3 Å². The van der Waals surface area contributed by atoms with E-state index in [9.17, 15) is 4.79 Å². The minimum Gasteiger partial charge on any atom is -0.357 e. The summed E-state index contributed by atoms with van der Waals surface area (Å²) in [4.78, 5) is 23.3. The standard InChI is InChI=1S/C22H37N5OS/c1-3-23-22(25-17-18(2)20-9-6-16-29-20)24-10-11-26-12-14-27(15-13-26)21(28)19-7-4-5-8-19/h6,9,16,18-19H,3-5,7-8,10-15,17H2,1-2H3,(H2,23,24,25). The van der Waals surface area contributed by atoms with E-state index in [-0.39, 0.29) is 0 Å². The first-order chi connectivity index (χ1) is 14.2. The molecule has 3 rings (SSSR count). The van der Waals surface area contributed by atoms with Gasteiger partial charge in [-0.1, -0.05) is 25.8 Å². The Kier molecular flexibility index (Phi) is 8.80. The first-order valence-electron chi connectivity index (χ1n) is 11.2. The van der Waals surface area contributed by atoms with Crippen molar-refractivity contribution in [3.8, 4) is 0 Å². The molecule has 2 N–H and O–H groups in total. The van der Waals surface area contributed by atoms with E-state index in [0.29, 0.717) is 17.7 Å². The molecule has 29 heavy (non-hydrogen) atoms. The number of nitrogens with one attached hydrogen (secondary N) is 2. The zero-order chi connectivity index (χ0) is 20.5. The molecule has 0 bridgehead atoms. The van der Waals surface area contributed by atoms with Crippen molar-refractivity contribution in [2.45, 2.75) is 45.4 Å². The van der Waals surface area contributed by atoms with Crippen LogP contribution in [0.5, 0.6) is 0 Å². The lowest BCUT2D eigenvalue weighted by Gasteiger charge is -2.36. The van der Waals surface area contributed by atoms with Crippen molar-refractivity contribution >= 4 is 23.2 Å². The second-order valence-corrected chi connectivity index (χ2v) is 9.19. The Morgan fingerprint density at radius 1 is 1.24 bits per heavy atom. The Labute approximate surface area is 179 Å². The maximum atomic E-state index is 12.6. The largest absolute Gasteiger partial charge is 0.357 e. The van der Waals surface area contributed by atoms with Crippen LogP contribution < -0.4 is 10.6 Å². The molecule has 2 heterocycles. The van der Waals surface area contributed by atoms with Crippen LogP contribution in [0.25, 0.3) is 0 Å². The fourth-order valence-corrected chi connectivity index (χ4v) is 4.97. The summed E-state index contributed by atoms with van der Waals surface area (Å²) < 4.78 is 0. The van der Waals surface area contributed by atoms with Crippen LogP contribution in [0.3, 0.4) is 0 Å². The summed E-state index contributed by atoms with van der Waals surface area (Å²) in [6, 6.07) is 4.28. The van der Waals surface area contributed by atoms with Gasteiger partial charge in [0, 0.05) is 62.5 Å². The van der Waals surface area contributed by atoms with Gasteiger partial charge in [0.15, 0.2) is 5.96 Å². The number of piperazine rings is 1. The van der Waals surface area contributed by atoms with Crippen molar-refractivity contribution in [2.24, 2.45) is 10.9 Å². The lowest BCUT2D eigenvalue weighted by molar-refractivity contribution is -0.137. The van der Waals surface area contributed by atoms with E-state index in [2.05, 4.69) is 51.8 Å². The maximum Gasteiger partial charge on any atom is 0.225 e. The zero-order valence-electron chi connectivity index (χ0n) is 18.0. The van der Waals surface area contributed by atoms with Gasteiger partial charge in [-0.3, -0.25) is 14.7 Å². The summed E-state index contributed by atoms with van der Waals surface area (Å²) in [5, 5.41) is 8.94. The molecule has 1 aromatic heterocycles. The molecule has 1 aliphatic carbocycles. The van der Waals surface area contributed by atoms with Gasteiger partial charge < -0.3 is 15.5 Å². The first-order valence-corrected chi connectivity index (χ1v) is 12.1. The first kappa shape index (κ1) is 22.1. The highest BCUT2D eigenvalue weighted by molar-refractivity contribution is 7.10. The number of amides is 1. The van der Waals surface area contributed by atoms with Crippen LogP contribution in [-0.4, -0.2) is 74.0 Å². The van der Waals surface area contributed by atoms with Crippen LogP contribution in [0.4, 0.5) is 0 Å². The zero-order valence-corrected chi connectivity index (χ0v) is 18.8. The summed E-state index contributed by atoms with van der Waals surface area (Å²) >= 11 is 1.80. The van der Waals surface area contributed by atoms with Crippen LogP contribution in [0, 0.1) is 5.92 Å². The summed E-state index contributed by atoms with van der Waals surface area (Å²) in [5.41, 5.74) is 0. The van der Waals surface area contributed by atoms with Gasteiger partial charge in [-0.05, 0) is 31.2 Å². The molecular weight excluding hydrogens is 382 g/mol.